The van der Waals surface area contributed by atoms with E-state index in [-0.39, 0.29) is 18.1 Å². The molecule has 134 valence electrons. The largest absolute Gasteiger partial charge is 0.334 e. The Balaban J connectivity index is 1.88. The summed E-state index contributed by atoms with van der Waals surface area (Å²) in [4.78, 5) is 28.8. The van der Waals surface area contributed by atoms with Crippen LogP contribution in [0.4, 0.5) is 4.79 Å². The molecule has 0 saturated carbocycles. The molecular weight excluding hydrogens is 316 g/mol. The third kappa shape index (κ3) is 5.76. The summed E-state index contributed by atoms with van der Waals surface area (Å²) in [5.74, 6) is 0. The lowest BCUT2D eigenvalue weighted by atomic mass is 10.1. The monoisotopic (exact) mass is 342 g/mol. The summed E-state index contributed by atoms with van der Waals surface area (Å²) in [7, 11) is 4.04. The lowest BCUT2D eigenvalue weighted by Gasteiger charge is -2.12. The minimum Gasteiger partial charge on any atom is -0.334 e. The SMILES string of the molecule is Cc1cc(C)c(CNC(=O)NCc2cccc(CN(C)C)c2)c(=O)[nH]1. The van der Waals surface area contributed by atoms with E-state index in [0.29, 0.717) is 12.1 Å². The molecule has 0 radical (unpaired) electrons. The van der Waals surface area contributed by atoms with Crippen molar-refractivity contribution in [3.05, 3.63) is 68.6 Å². The Kier molecular flexibility index (Phi) is 6.36. The highest BCUT2D eigenvalue weighted by Gasteiger charge is 2.07. The Hall–Kier alpha value is -2.60. The van der Waals surface area contributed by atoms with Crippen molar-refractivity contribution in [3.63, 3.8) is 0 Å². The first-order valence-electron chi connectivity index (χ1n) is 8.29. The number of aryl methyl sites for hydroxylation is 2. The maximum Gasteiger partial charge on any atom is 0.315 e. The number of H-pyrrole nitrogens is 1. The van der Waals surface area contributed by atoms with Gasteiger partial charge in [-0.15, -0.1) is 0 Å². The summed E-state index contributed by atoms with van der Waals surface area (Å²) < 4.78 is 0. The highest BCUT2D eigenvalue weighted by molar-refractivity contribution is 5.73. The van der Waals surface area contributed by atoms with Crippen LogP contribution in [0.1, 0.15) is 27.9 Å². The minimum atomic E-state index is -0.294. The molecule has 1 aromatic heterocycles. The number of nitrogens with zero attached hydrogens (tertiary/aromatic N) is 1. The van der Waals surface area contributed by atoms with E-state index in [0.717, 1.165) is 23.4 Å². The van der Waals surface area contributed by atoms with Gasteiger partial charge in [-0.05, 0) is 50.7 Å². The number of pyridine rings is 1. The molecule has 0 saturated heterocycles. The highest BCUT2D eigenvalue weighted by atomic mass is 16.2. The van der Waals surface area contributed by atoms with Gasteiger partial charge in [-0.3, -0.25) is 4.79 Å². The second-order valence-electron chi connectivity index (χ2n) is 6.54. The summed E-state index contributed by atoms with van der Waals surface area (Å²) in [5, 5.41) is 5.56. The van der Waals surface area contributed by atoms with Crippen LogP contribution >= 0.6 is 0 Å². The second kappa shape index (κ2) is 8.48. The van der Waals surface area contributed by atoms with Gasteiger partial charge >= 0.3 is 6.03 Å². The number of hydrogen-bond donors (Lipinski definition) is 3. The lowest BCUT2D eigenvalue weighted by molar-refractivity contribution is 0.240. The molecule has 0 spiro atoms. The molecular formula is C19H26N4O2. The van der Waals surface area contributed by atoms with Crippen molar-refractivity contribution in [2.45, 2.75) is 33.5 Å². The maximum atomic E-state index is 12.0. The number of hydrogen-bond acceptors (Lipinski definition) is 3. The van der Waals surface area contributed by atoms with Crippen LogP contribution in [0.15, 0.2) is 35.1 Å². The average molecular weight is 342 g/mol. The molecule has 0 bridgehead atoms. The molecule has 6 nitrogen and oxygen atoms in total. The van der Waals surface area contributed by atoms with Crippen LogP contribution in [-0.4, -0.2) is 30.0 Å². The van der Waals surface area contributed by atoms with Crippen LogP contribution in [0.5, 0.6) is 0 Å². The quantitative estimate of drug-likeness (QED) is 0.752. The first-order valence-corrected chi connectivity index (χ1v) is 8.29. The fourth-order valence-corrected chi connectivity index (χ4v) is 2.72. The molecule has 0 fully saturated rings. The smallest absolute Gasteiger partial charge is 0.315 e. The summed E-state index contributed by atoms with van der Waals surface area (Å²) in [6, 6.07) is 9.71. The number of urea groups is 1. The van der Waals surface area contributed by atoms with Crippen LogP contribution in [0.2, 0.25) is 0 Å². The van der Waals surface area contributed by atoms with E-state index in [1.54, 1.807) is 0 Å². The van der Waals surface area contributed by atoms with E-state index in [2.05, 4.69) is 32.7 Å². The Morgan fingerprint density at radius 2 is 1.76 bits per heavy atom. The predicted octanol–water partition coefficient (Wildman–Crippen LogP) is 2.05. The van der Waals surface area contributed by atoms with E-state index in [4.69, 9.17) is 0 Å². The van der Waals surface area contributed by atoms with Crippen LogP contribution in [0.25, 0.3) is 0 Å². The Labute approximate surface area is 148 Å². The van der Waals surface area contributed by atoms with Gasteiger partial charge in [-0.1, -0.05) is 24.3 Å². The third-order valence-corrected chi connectivity index (χ3v) is 3.86. The Bertz CT molecular complexity index is 796. The van der Waals surface area contributed by atoms with E-state index >= 15 is 0 Å². The second-order valence-corrected chi connectivity index (χ2v) is 6.54. The molecule has 0 aliphatic carbocycles. The van der Waals surface area contributed by atoms with Crippen molar-refractivity contribution in [1.82, 2.24) is 20.5 Å². The standard InChI is InChI=1S/C19H26N4O2/c1-13-8-14(2)22-18(24)17(13)11-21-19(25)20-10-15-6-5-7-16(9-15)12-23(3)4/h5-9H,10-12H2,1-4H3,(H,22,24)(H2,20,21,25). The van der Waals surface area contributed by atoms with Gasteiger partial charge in [0.05, 0.1) is 6.54 Å². The van der Waals surface area contributed by atoms with Gasteiger partial charge in [0, 0.05) is 24.3 Å². The number of carbonyl (C=O) groups excluding carboxylic acids is 1. The minimum absolute atomic E-state index is 0.158. The molecule has 0 aliphatic heterocycles. The zero-order chi connectivity index (χ0) is 18.4. The fourth-order valence-electron chi connectivity index (χ4n) is 2.72. The summed E-state index contributed by atoms with van der Waals surface area (Å²) in [5.41, 5.74) is 4.35. The molecule has 1 aromatic carbocycles. The highest BCUT2D eigenvalue weighted by Crippen LogP contribution is 2.07. The van der Waals surface area contributed by atoms with Gasteiger partial charge < -0.3 is 20.5 Å². The molecule has 2 aromatic rings. The van der Waals surface area contributed by atoms with Crippen LogP contribution in [0.3, 0.4) is 0 Å². The van der Waals surface area contributed by atoms with E-state index in [1.165, 1.54) is 5.56 Å². The van der Waals surface area contributed by atoms with E-state index in [9.17, 15) is 9.59 Å². The van der Waals surface area contributed by atoms with Crippen molar-refractivity contribution < 1.29 is 4.79 Å². The number of carbonyl (C=O) groups is 1. The molecule has 0 atom stereocenters. The predicted molar refractivity (Wildman–Crippen MR) is 99.4 cm³/mol. The summed E-state index contributed by atoms with van der Waals surface area (Å²) in [6.45, 7) is 5.20. The number of amides is 2. The van der Waals surface area contributed by atoms with Crippen molar-refractivity contribution in [1.29, 1.82) is 0 Å². The van der Waals surface area contributed by atoms with Gasteiger partial charge in [-0.25, -0.2) is 4.79 Å². The zero-order valence-corrected chi connectivity index (χ0v) is 15.3. The molecule has 0 aliphatic rings. The number of aromatic nitrogens is 1. The molecule has 6 heteroatoms. The molecule has 1 heterocycles. The number of nitrogens with one attached hydrogen (secondary N) is 3. The van der Waals surface area contributed by atoms with Crippen molar-refractivity contribution >= 4 is 6.03 Å². The van der Waals surface area contributed by atoms with Gasteiger partial charge in [0.25, 0.3) is 5.56 Å². The van der Waals surface area contributed by atoms with Crippen molar-refractivity contribution in [2.75, 3.05) is 14.1 Å². The number of aromatic amines is 1. The summed E-state index contributed by atoms with van der Waals surface area (Å²) >= 11 is 0. The Morgan fingerprint density at radius 1 is 1.08 bits per heavy atom. The lowest BCUT2D eigenvalue weighted by Crippen LogP contribution is -2.36. The average Bonchev–Trinajstić information content (AvgIpc) is 2.51. The van der Waals surface area contributed by atoms with Crippen LogP contribution in [0, 0.1) is 13.8 Å². The normalized spacial score (nSPS) is 10.8. The molecule has 2 amide bonds. The van der Waals surface area contributed by atoms with Crippen molar-refractivity contribution in [2.24, 2.45) is 0 Å². The topological polar surface area (TPSA) is 77.2 Å². The van der Waals surface area contributed by atoms with E-state index < -0.39 is 0 Å². The van der Waals surface area contributed by atoms with E-state index in [1.807, 2.05) is 46.1 Å². The van der Waals surface area contributed by atoms with Gasteiger partial charge in [-0.2, -0.15) is 0 Å². The Morgan fingerprint density at radius 3 is 2.44 bits per heavy atom. The third-order valence-electron chi connectivity index (χ3n) is 3.86. The van der Waals surface area contributed by atoms with Crippen LogP contribution in [-0.2, 0) is 19.6 Å². The summed E-state index contributed by atoms with van der Waals surface area (Å²) in [6.07, 6.45) is 0. The first kappa shape index (κ1) is 18.7. The van der Waals surface area contributed by atoms with Crippen molar-refractivity contribution in [3.8, 4) is 0 Å². The fraction of sp³-hybridized carbons (Fsp3) is 0.368. The van der Waals surface area contributed by atoms with Crippen LogP contribution < -0.4 is 16.2 Å². The number of rotatable bonds is 6. The molecule has 25 heavy (non-hydrogen) atoms. The maximum absolute atomic E-state index is 12.0. The zero-order valence-electron chi connectivity index (χ0n) is 15.3. The number of benzene rings is 1. The van der Waals surface area contributed by atoms with Gasteiger partial charge in [0.1, 0.15) is 0 Å². The first-order chi connectivity index (χ1) is 11.8. The molecule has 0 unspecified atom stereocenters. The molecule has 2 rings (SSSR count). The van der Waals surface area contributed by atoms with Gasteiger partial charge in [0.15, 0.2) is 0 Å². The van der Waals surface area contributed by atoms with Gasteiger partial charge in [0.2, 0.25) is 0 Å². The molecule has 3 N–H and O–H groups in total.